The molecule has 3 rings (SSSR count). The molecule has 0 radical (unpaired) electrons. The highest BCUT2D eigenvalue weighted by atomic mass is 35.5. The van der Waals surface area contributed by atoms with Gasteiger partial charge in [0.2, 0.25) is 0 Å². The topological polar surface area (TPSA) is 62.0 Å². The van der Waals surface area contributed by atoms with Gasteiger partial charge in [0.1, 0.15) is 5.56 Å². The maximum Gasteiger partial charge on any atom is 0.341 e. The van der Waals surface area contributed by atoms with Crippen molar-refractivity contribution < 1.29 is 14.3 Å². The first-order valence-corrected chi connectivity index (χ1v) is 8.27. The van der Waals surface area contributed by atoms with Gasteiger partial charge in [-0.05, 0) is 30.4 Å². The van der Waals surface area contributed by atoms with Crippen LogP contribution in [-0.4, -0.2) is 28.6 Å². The first kappa shape index (κ1) is 16.8. The zero-order valence-electron chi connectivity index (χ0n) is 13.5. The number of carboxylic acids is 1. The van der Waals surface area contributed by atoms with Crippen LogP contribution in [0.3, 0.4) is 0 Å². The Bertz CT molecular complexity index is 894. The molecule has 0 saturated carbocycles. The highest BCUT2D eigenvalue weighted by Gasteiger charge is 2.27. The average Bonchev–Trinajstić information content (AvgIpc) is 2.94. The van der Waals surface area contributed by atoms with Crippen LogP contribution in [-0.2, 0) is 6.42 Å². The van der Waals surface area contributed by atoms with Crippen LogP contribution in [0.25, 0.3) is 5.52 Å². The van der Waals surface area contributed by atoms with Gasteiger partial charge in [0, 0.05) is 13.1 Å². The molecule has 1 N–H and O–H groups in total. The third-order valence-electron chi connectivity index (χ3n) is 4.55. The molecule has 0 amide bonds. The van der Waals surface area contributed by atoms with Crippen molar-refractivity contribution >= 4 is 28.8 Å². The Labute approximate surface area is 143 Å². The summed E-state index contributed by atoms with van der Waals surface area (Å²) in [4.78, 5) is 25.5. The van der Waals surface area contributed by atoms with Crippen LogP contribution < -0.4 is 10.5 Å². The number of aromatic carboxylic acids is 1. The molecule has 1 aliphatic heterocycles. The standard InChI is InChI=1S/C17H18ClFN2O3/c1-3-10-6-11(17(23)24)16(22)21-8-12(19)15(13(18)14(10)21)20-5-4-9(2)7-20/h6,8-9H,3-5,7H2,1-2H3,(H,23,24). The molecule has 5 nitrogen and oxygen atoms in total. The second-order valence-electron chi connectivity index (χ2n) is 6.25. The molecular weight excluding hydrogens is 335 g/mol. The van der Waals surface area contributed by atoms with Crippen LogP contribution in [0.4, 0.5) is 10.1 Å². The van der Waals surface area contributed by atoms with Crippen LogP contribution in [0.1, 0.15) is 36.2 Å². The molecule has 0 bridgehead atoms. The van der Waals surface area contributed by atoms with Crippen molar-refractivity contribution in [2.45, 2.75) is 26.7 Å². The Morgan fingerprint density at radius 1 is 1.50 bits per heavy atom. The number of hydrogen-bond donors (Lipinski definition) is 1. The first-order valence-electron chi connectivity index (χ1n) is 7.89. The molecule has 2 aromatic heterocycles. The van der Waals surface area contributed by atoms with E-state index in [4.69, 9.17) is 11.6 Å². The van der Waals surface area contributed by atoms with E-state index in [0.29, 0.717) is 36.5 Å². The molecule has 1 unspecified atom stereocenters. The lowest BCUT2D eigenvalue weighted by atomic mass is 10.1. The summed E-state index contributed by atoms with van der Waals surface area (Å²) in [6, 6.07) is 1.33. The number of fused-ring (bicyclic) bond motifs is 1. The molecule has 24 heavy (non-hydrogen) atoms. The highest BCUT2D eigenvalue weighted by Crippen LogP contribution is 2.36. The molecule has 2 aromatic rings. The molecule has 7 heteroatoms. The van der Waals surface area contributed by atoms with E-state index in [1.807, 2.05) is 11.8 Å². The van der Waals surface area contributed by atoms with E-state index in [-0.39, 0.29) is 16.3 Å². The SMILES string of the molecule is CCc1cc(C(=O)O)c(=O)n2cc(F)c(N3CCC(C)C3)c(Cl)c12. The minimum absolute atomic E-state index is 0.162. The quantitative estimate of drug-likeness (QED) is 0.921. The fourth-order valence-electron chi connectivity index (χ4n) is 3.30. The predicted molar refractivity (Wildman–Crippen MR) is 91.0 cm³/mol. The van der Waals surface area contributed by atoms with Crippen molar-refractivity contribution in [2.75, 3.05) is 18.0 Å². The number of nitrogens with zero attached hydrogens (tertiary/aromatic N) is 2. The minimum Gasteiger partial charge on any atom is -0.477 e. The number of carbonyl (C=O) groups is 1. The Morgan fingerprint density at radius 3 is 2.75 bits per heavy atom. The van der Waals surface area contributed by atoms with Gasteiger partial charge in [0.05, 0.1) is 22.4 Å². The van der Waals surface area contributed by atoms with Crippen LogP contribution >= 0.6 is 11.6 Å². The summed E-state index contributed by atoms with van der Waals surface area (Å²) < 4.78 is 15.7. The summed E-state index contributed by atoms with van der Waals surface area (Å²) in [6.07, 6.45) is 2.48. The molecule has 0 spiro atoms. The van der Waals surface area contributed by atoms with Gasteiger partial charge in [-0.25, -0.2) is 9.18 Å². The van der Waals surface area contributed by atoms with Crippen molar-refractivity contribution in [2.24, 2.45) is 5.92 Å². The highest BCUT2D eigenvalue weighted by molar-refractivity contribution is 6.36. The second kappa shape index (κ2) is 6.09. The van der Waals surface area contributed by atoms with E-state index in [1.54, 1.807) is 0 Å². The summed E-state index contributed by atoms with van der Waals surface area (Å²) in [5.74, 6) is -1.51. The zero-order chi connectivity index (χ0) is 17.6. The number of anilines is 1. The number of halogens is 2. The van der Waals surface area contributed by atoms with E-state index >= 15 is 0 Å². The van der Waals surface area contributed by atoms with Gasteiger partial charge in [-0.1, -0.05) is 25.4 Å². The van der Waals surface area contributed by atoms with Gasteiger partial charge < -0.3 is 10.0 Å². The molecule has 1 aliphatic rings. The Hall–Kier alpha value is -2.08. The number of hydrogen-bond acceptors (Lipinski definition) is 3. The maximum atomic E-state index is 14.7. The first-order chi connectivity index (χ1) is 11.3. The minimum atomic E-state index is -1.34. The molecule has 0 aliphatic carbocycles. The molecule has 0 aromatic carbocycles. The molecular formula is C17H18ClFN2O3. The van der Waals surface area contributed by atoms with Crippen LogP contribution in [0, 0.1) is 11.7 Å². The van der Waals surface area contributed by atoms with Gasteiger partial charge in [-0.15, -0.1) is 0 Å². The zero-order valence-corrected chi connectivity index (χ0v) is 14.2. The summed E-state index contributed by atoms with van der Waals surface area (Å²) in [7, 11) is 0. The molecule has 1 fully saturated rings. The normalized spacial score (nSPS) is 17.7. The predicted octanol–water partition coefficient (Wildman–Crippen LogP) is 3.20. The van der Waals surface area contributed by atoms with Gasteiger partial charge in [0.25, 0.3) is 5.56 Å². The van der Waals surface area contributed by atoms with Gasteiger partial charge in [0.15, 0.2) is 5.82 Å². The average molecular weight is 353 g/mol. The largest absolute Gasteiger partial charge is 0.477 e. The van der Waals surface area contributed by atoms with Crippen molar-refractivity contribution in [3.8, 4) is 0 Å². The monoisotopic (exact) mass is 352 g/mol. The van der Waals surface area contributed by atoms with Crippen LogP contribution in [0.2, 0.25) is 5.02 Å². The molecule has 1 atom stereocenters. The summed E-state index contributed by atoms with van der Waals surface area (Å²) >= 11 is 6.47. The Morgan fingerprint density at radius 2 is 2.21 bits per heavy atom. The Balaban J connectivity index is 2.34. The molecule has 3 heterocycles. The van der Waals surface area contributed by atoms with Gasteiger partial charge in [-0.3, -0.25) is 9.20 Å². The lowest BCUT2D eigenvalue weighted by Gasteiger charge is -2.22. The second-order valence-corrected chi connectivity index (χ2v) is 6.62. The van der Waals surface area contributed by atoms with E-state index in [1.165, 1.54) is 6.07 Å². The number of rotatable bonds is 3. The summed E-state index contributed by atoms with van der Waals surface area (Å²) in [6.45, 7) is 5.33. The number of carboxylic acid groups (broad SMARTS) is 1. The third kappa shape index (κ3) is 2.55. The maximum absolute atomic E-state index is 14.7. The fraction of sp³-hybridized carbons (Fsp3) is 0.412. The lowest BCUT2D eigenvalue weighted by molar-refractivity contribution is 0.0694. The van der Waals surface area contributed by atoms with Crippen molar-refractivity contribution in [3.05, 3.63) is 44.6 Å². The smallest absolute Gasteiger partial charge is 0.341 e. The van der Waals surface area contributed by atoms with E-state index in [2.05, 4.69) is 6.92 Å². The number of aryl methyl sites for hydroxylation is 1. The third-order valence-corrected chi connectivity index (χ3v) is 4.91. The van der Waals surface area contributed by atoms with E-state index in [0.717, 1.165) is 17.0 Å². The van der Waals surface area contributed by atoms with Crippen LogP contribution in [0.5, 0.6) is 0 Å². The summed E-state index contributed by atoms with van der Waals surface area (Å²) in [5, 5.41) is 9.35. The van der Waals surface area contributed by atoms with Crippen LogP contribution in [0.15, 0.2) is 17.1 Å². The van der Waals surface area contributed by atoms with Gasteiger partial charge >= 0.3 is 5.97 Å². The van der Waals surface area contributed by atoms with Gasteiger partial charge in [-0.2, -0.15) is 0 Å². The number of aromatic nitrogens is 1. The van der Waals surface area contributed by atoms with E-state index in [9.17, 15) is 19.1 Å². The van der Waals surface area contributed by atoms with Crippen molar-refractivity contribution in [3.63, 3.8) is 0 Å². The lowest BCUT2D eigenvalue weighted by Crippen LogP contribution is -2.26. The van der Waals surface area contributed by atoms with Crippen molar-refractivity contribution in [1.29, 1.82) is 0 Å². The van der Waals surface area contributed by atoms with E-state index < -0.39 is 17.3 Å². The fourth-order valence-corrected chi connectivity index (χ4v) is 3.72. The molecule has 128 valence electrons. The van der Waals surface area contributed by atoms with Crippen molar-refractivity contribution in [1.82, 2.24) is 4.40 Å². The molecule has 1 saturated heterocycles. The number of pyridine rings is 2. The Kier molecular flexibility index (Phi) is 4.25. The summed E-state index contributed by atoms with van der Waals surface area (Å²) in [5.41, 5.74) is 0.105.